The quantitative estimate of drug-likeness (QED) is 0.150. The molecule has 1 aromatic heterocycles. The lowest BCUT2D eigenvalue weighted by molar-refractivity contribution is 1.13. The molecule has 0 saturated heterocycles. The minimum Gasteiger partial charge on any atom is -0.228 e. The van der Waals surface area contributed by atoms with Crippen molar-refractivity contribution in [2.45, 2.75) is 6.42 Å². The van der Waals surface area contributed by atoms with Gasteiger partial charge in [0.05, 0.1) is 11.4 Å². The third kappa shape index (κ3) is 5.77. The van der Waals surface area contributed by atoms with Gasteiger partial charge in [0, 0.05) is 28.7 Å². The van der Waals surface area contributed by atoms with Crippen LogP contribution in [0.5, 0.6) is 0 Å². The molecule has 2 aliphatic rings. The number of hydrogen-bond acceptors (Lipinski definition) is 2. The average Bonchev–Trinajstić information content (AvgIpc) is 3.89. The first-order valence-electron chi connectivity index (χ1n) is 21.4. The van der Waals surface area contributed by atoms with Crippen molar-refractivity contribution in [2.24, 2.45) is 0 Å². The molecule has 1 aliphatic carbocycles. The third-order valence-corrected chi connectivity index (χ3v) is 17.9. The Bertz CT molecular complexity index is 3230. The van der Waals surface area contributed by atoms with E-state index < -0.39 is 8.07 Å². The summed E-state index contributed by atoms with van der Waals surface area (Å²) in [6.07, 6.45) is 0.751. The van der Waals surface area contributed by atoms with Crippen LogP contribution in [0, 0.1) is 0 Å². The van der Waals surface area contributed by atoms with Gasteiger partial charge in [0.25, 0.3) is 0 Å². The minimum absolute atomic E-state index is 0.737. The lowest BCUT2D eigenvalue weighted by Crippen LogP contribution is -2.72. The van der Waals surface area contributed by atoms with Crippen LogP contribution < -0.4 is 20.7 Å². The van der Waals surface area contributed by atoms with E-state index in [0.717, 1.165) is 34.8 Å². The van der Waals surface area contributed by atoms with E-state index in [9.17, 15) is 0 Å². The Morgan fingerprint density at radius 1 is 0.290 bits per heavy atom. The van der Waals surface area contributed by atoms with E-state index in [-0.39, 0.29) is 0 Å². The van der Waals surface area contributed by atoms with Gasteiger partial charge in [0.1, 0.15) is 0 Å². The highest BCUT2D eigenvalue weighted by Gasteiger charge is 2.48. The van der Waals surface area contributed by atoms with E-state index in [1.54, 1.807) is 0 Å². The maximum Gasteiger partial charge on any atom is 0.180 e. The molecule has 0 bridgehead atoms. The lowest BCUT2D eigenvalue weighted by atomic mass is 9.94. The second-order valence-corrected chi connectivity index (χ2v) is 20.1. The van der Waals surface area contributed by atoms with Gasteiger partial charge in [-0.25, -0.2) is 9.97 Å². The fourth-order valence-corrected chi connectivity index (χ4v) is 15.4. The molecule has 0 spiro atoms. The summed E-state index contributed by atoms with van der Waals surface area (Å²) in [4.78, 5) is 10.9. The summed E-state index contributed by atoms with van der Waals surface area (Å²) in [6.45, 7) is 0. The van der Waals surface area contributed by atoms with Crippen molar-refractivity contribution in [3.8, 4) is 78.4 Å². The summed E-state index contributed by atoms with van der Waals surface area (Å²) < 4.78 is 0. The molecular formula is C59H40N2Si. The van der Waals surface area contributed by atoms with Crippen molar-refractivity contribution in [1.29, 1.82) is 0 Å². The first kappa shape index (κ1) is 36.2. The predicted molar refractivity (Wildman–Crippen MR) is 260 cm³/mol. The van der Waals surface area contributed by atoms with Crippen LogP contribution in [0.4, 0.5) is 0 Å². The lowest BCUT2D eigenvalue weighted by Gasteiger charge is -2.31. The monoisotopic (exact) mass is 804 g/mol. The summed E-state index contributed by atoms with van der Waals surface area (Å²) in [7, 11) is -2.65. The van der Waals surface area contributed by atoms with Gasteiger partial charge >= 0.3 is 0 Å². The number of aromatic nitrogens is 2. The van der Waals surface area contributed by atoms with E-state index >= 15 is 0 Å². The van der Waals surface area contributed by atoms with Crippen LogP contribution in [0.25, 0.3) is 78.4 Å². The van der Waals surface area contributed by atoms with E-state index in [1.165, 1.54) is 81.9 Å². The zero-order chi connectivity index (χ0) is 41.0. The van der Waals surface area contributed by atoms with E-state index in [4.69, 9.17) is 9.97 Å². The van der Waals surface area contributed by atoms with Crippen LogP contribution >= 0.6 is 0 Å². The fourth-order valence-electron chi connectivity index (χ4n) is 10.2. The molecule has 62 heavy (non-hydrogen) atoms. The normalized spacial score (nSPS) is 12.9. The molecule has 12 rings (SSSR count). The Kier molecular flexibility index (Phi) is 8.61. The molecule has 2 heterocycles. The second-order valence-electron chi connectivity index (χ2n) is 16.4. The van der Waals surface area contributed by atoms with Gasteiger partial charge < -0.3 is 0 Å². The number of fused-ring (bicyclic) bond motifs is 6. The van der Waals surface area contributed by atoms with Crippen LogP contribution in [0.2, 0.25) is 0 Å². The molecule has 290 valence electrons. The Hall–Kier alpha value is -7.72. The Labute approximate surface area is 363 Å². The number of benzene rings is 9. The number of hydrogen-bond donors (Lipinski definition) is 0. The van der Waals surface area contributed by atoms with Crippen molar-refractivity contribution in [1.82, 2.24) is 9.97 Å². The van der Waals surface area contributed by atoms with E-state index in [1.807, 2.05) is 0 Å². The van der Waals surface area contributed by atoms with Crippen LogP contribution in [0.1, 0.15) is 11.1 Å². The molecule has 0 atom stereocenters. The van der Waals surface area contributed by atoms with E-state index in [0.29, 0.717) is 0 Å². The van der Waals surface area contributed by atoms with Crippen LogP contribution in [-0.2, 0) is 6.42 Å². The van der Waals surface area contributed by atoms with Gasteiger partial charge in [-0.3, -0.25) is 0 Å². The molecule has 0 amide bonds. The molecule has 0 radical (unpaired) electrons. The van der Waals surface area contributed by atoms with Gasteiger partial charge in [-0.15, -0.1) is 0 Å². The van der Waals surface area contributed by atoms with Crippen molar-refractivity contribution in [3.63, 3.8) is 0 Å². The molecule has 9 aromatic carbocycles. The highest BCUT2D eigenvalue weighted by atomic mass is 28.3. The van der Waals surface area contributed by atoms with Gasteiger partial charge in [0.2, 0.25) is 0 Å². The zero-order valence-corrected chi connectivity index (χ0v) is 35.0. The van der Waals surface area contributed by atoms with Crippen LogP contribution in [-0.4, -0.2) is 18.0 Å². The average molecular weight is 805 g/mol. The minimum atomic E-state index is -2.65. The Balaban J connectivity index is 1.02. The topological polar surface area (TPSA) is 25.8 Å². The first-order chi connectivity index (χ1) is 30.7. The van der Waals surface area contributed by atoms with Crippen molar-refractivity contribution < 1.29 is 0 Å². The molecule has 3 heteroatoms. The summed E-state index contributed by atoms with van der Waals surface area (Å²) in [5, 5.41) is 5.71. The summed E-state index contributed by atoms with van der Waals surface area (Å²) >= 11 is 0. The SMILES string of the molecule is c1ccc(-c2ccc(-c3nc(-c4ccc(-c5ccccc5)cc4)c4c(n3)-c3cccc(-c5ccc6c(c5)[Si](c5ccccc5)(c5ccccc5)c5ccccc5-6)c3C4)cc2)cc1. The number of nitrogens with zero attached hydrogens (tertiary/aromatic N) is 2. The van der Waals surface area contributed by atoms with Crippen LogP contribution in [0.15, 0.2) is 231 Å². The van der Waals surface area contributed by atoms with Crippen molar-refractivity contribution in [2.75, 3.05) is 0 Å². The van der Waals surface area contributed by atoms with Crippen LogP contribution in [0.3, 0.4) is 0 Å². The van der Waals surface area contributed by atoms with Crippen molar-refractivity contribution >= 4 is 28.8 Å². The molecule has 0 N–H and O–H groups in total. The van der Waals surface area contributed by atoms with Gasteiger partial charge in [0.15, 0.2) is 13.9 Å². The molecule has 2 nitrogen and oxygen atoms in total. The summed E-state index contributed by atoms with van der Waals surface area (Å²) in [6, 6.07) is 84.4. The molecule has 0 fully saturated rings. The molecule has 0 unspecified atom stereocenters. The first-order valence-corrected chi connectivity index (χ1v) is 23.4. The Morgan fingerprint density at radius 3 is 1.37 bits per heavy atom. The predicted octanol–water partition coefficient (Wildman–Crippen LogP) is 11.7. The molecule has 1 aliphatic heterocycles. The molecular weight excluding hydrogens is 765 g/mol. The summed E-state index contributed by atoms with van der Waals surface area (Å²) in [5.41, 5.74) is 17.7. The number of rotatable bonds is 7. The maximum absolute atomic E-state index is 5.44. The van der Waals surface area contributed by atoms with Gasteiger partial charge in [-0.05, 0) is 70.8 Å². The largest absolute Gasteiger partial charge is 0.228 e. The third-order valence-electron chi connectivity index (χ3n) is 13.1. The highest BCUT2D eigenvalue weighted by Crippen LogP contribution is 2.45. The maximum atomic E-state index is 5.44. The van der Waals surface area contributed by atoms with Gasteiger partial charge in [-0.2, -0.15) is 0 Å². The fraction of sp³-hybridized carbons (Fsp3) is 0.0169. The van der Waals surface area contributed by atoms with E-state index in [2.05, 4.69) is 231 Å². The molecule has 10 aromatic rings. The second kappa shape index (κ2) is 14.8. The molecule has 0 saturated carbocycles. The Morgan fingerprint density at radius 2 is 0.742 bits per heavy atom. The smallest absolute Gasteiger partial charge is 0.180 e. The highest BCUT2D eigenvalue weighted by molar-refractivity contribution is 7.22. The zero-order valence-electron chi connectivity index (χ0n) is 34.0. The van der Waals surface area contributed by atoms with Crippen molar-refractivity contribution in [3.05, 3.63) is 242 Å². The van der Waals surface area contributed by atoms with Gasteiger partial charge in [-0.1, -0.05) is 231 Å². The standard InChI is InChI=1S/C59H40N2Si/c1-5-16-40(17-6-1)42-28-32-44(33-29-42)57-54-39-53-49(25-15-26-52(53)58(54)61-59(60-57)45-34-30-43(31-35-45)41-18-7-2-8-19-41)46-36-37-51-50-24-13-14-27-55(50)62(56(51)38-46,47-20-9-3-10-21-47)48-22-11-4-12-23-48/h1-38H,39H2. The summed E-state index contributed by atoms with van der Waals surface area (Å²) in [5.74, 6) is 0.737.